The van der Waals surface area contributed by atoms with E-state index >= 15 is 0 Å². The van der Waals surface area contributed by atoms with E-state index in [4.69, 9.17) is 39.2 Å². The molecule has 0 unspecified atom stereocenters. The summed E-state index contributed by atoms with van der Waals surface area (Å²) >= 11 is 0. The fourth-order valence-corrected chi connectivity index (χ4v) is 6.97. The van der Waals surface area contributed by atoms with Gasteiger partial charge in [-0.2, -0.15) is 0 Å². The van der Waals surface area contributed by atoms with Gasteiger partial charge in [0.25, 0.3) is 0 Å². The van der Waals surface area contributed by atoms with Crippen LogP contribution >= 0.6 is 0 Å². The molecule has 0 aliphatic rings. The lowest BCUT2D eigenvalue weighted by molar-refractivity contribution is 1.68. The summed E-state index contributed by atoms with van der Waals surface area (Å²) in [6, 6.07) is 45.1. The minimum Gasteiger partial charge on any atom is -0.112 e. The van der Waals surface area contributed by atoms with E-state index in [1.165, 1.54) is 32.7 Å². The Hall–Kier alpha value is -4.88. The highest BCUT2D eigenvalue weighted by Gasteiger charge is 2.21. The van der Waals surface area contributed by atoms with Crippen LogP contribution in [0.15, 0.2) is 127 Å². The number of hydrogen-bond acceptors (Lipinski definition) is 0. The molecule has 8 aromatic carbocycles. The van der Waals surface area contributed by atoms with Gasteiger partial charge in [0.2, 0.25) is 0 Å². The predicted molar refractivity (Wildman–Crippen MR) is 200 cm³/mol. The first kappa shape index (κ1) is 27.7. The molecule has 8 rings (SSSR count). The van der Waals surface area contributed by atoms with Gasteiger partial charge in [-0.05, 0) is 88.6 Å². The van der Waals surface area contributed by atoms with E-state index in [-0.39, 0.29) is 16.4 Å². The molecule has 0 heterocycles. The Morgan fingerprint density at radius 3 is 1.24 bits per heavy atom. The summed E-state index contributed by atoms with van der Waals surface area (Å²) in [6.45, 7) is 0. The van der Waals surface area contributed by atoms with E-state index in [1.807, 2.05) is 6.07 Å². The van der Waals surface area contributed by atoms with E-state index in [0.29, 0.717) is 16.5 Å². The zero-order valence-electron chi connectivity index (χ0n) is 24.5. The largest absolute Gasteiger partial charge is 0.113 e. The normalized spacial score (nSPS) is 11.6. The molecule has 0 fully saturated rings. The van der Waals surface area contributed by atoms with Crippen LogP contribution in [0.4, 0.5) is 0 Å². The molecule has 0 amide bonds. The maximum atomic E-state index is 6.59. The van der Waals surface area contributed by atoms with Crippen LogP contribution in [0.3, 0.4) is 0 Å². The topological polar surface area (TPSA) is 0 Å². The standard InChI is InChI=1S/C40H21B5/c41-36-33(37(42)39(44)40(45)38(36)43)24-20-23-11-2-4-14-26(23)32(21-24)35-30-17-7-5-15-28(30)34(29-16-6-8-18-31(29)35)27-19-9-12-22-10-1-3-13-25(22)27/h1-21H. The number of fused-ring (bicyclic) bond motifs is 4. The maximum Gasteiger partial charge on any atom is 0.113 e. The molecule has 0 bridgehead atoms. The van der Waals surface area contributed by atoms with Crippen LogP contribution in [0.1, 0.15) is 0 Å². The van der Waals surface area contributed by atoms with E-state index in [9.17, 15) is 0 Å². The molecule has 0 N–H and O–H groups in total. The molecule has 0 saturated carbocycles. The zero-order valence-corrected chi connectivity index (χ0v) is 24.5. The summed E-state index contributed by atoms with van der Waals surface area (Å²) < 4.78 is 0. The predicted octanol–water partition coefficient (Wildman–Crippen LogP) is 5.27. The molecule has 0 spiro atoms. The Balaban J connectivity index is 1.54. The second-order valence-corrected chi connectivity index (χ2v) is 11.6. The van der Waals surface area contributed by atoms with Crippen molar-refractivity contribution < 1.29 is 0 Å². The van der Waals surface area contributed by atoms with E-state index < -0.39 is 0 Å². The molecule has 0 aliphatic heterocycles. The monoisotopic (exact) mass is 556 g/mol. The summed E-state index contributed by atoms with van der Waals surface area (Å²) in [5.74, 6) is 0. The van der Waals surface area contributed by atoms with Crippen LogP contribution in [0.2, 0.25) is 0 Å². The minimum atomic E-state index is 0.204. The quantitative estimate of drug-likeness (QED) is 0.206. The smallest absolute Gasteiger partial charge is 0.112 e. The van der Waals surface area contributed by atoms with Gasteiger partial charge in [-0.1, -0.05) is 126 Å². The summed E-state index contributed by atoms with van der Waals surface area (Å²) in [5, 5.41) is 9.25. The average molecular weight is 556 g/mol. The van der Waals surface area contributed by atoms with Crippen molar-refractivity contribution >= 4 is 110 Å². The molecule has 0 atom stereocenters. The molecule has 0 aromatic heterocycles. The fourth-order valence-electron chi connectivity index (χ4n) is 6.97. The van der Waals surface area contributed by atoms with Crippen LogP contribution in [0.5, 0.6) is 0 Å². The van der Waals surface area contributed by atoms with Gasteiger partial charge in [-0.3, -0.25) is 0 Å². The number of rotatable bonds is 3. The Morgan fingerprint density at radius 2 is 0.689 bits per heavy atom. The van der Waals surface area contributed by atoms with Gasteiger partial charge in [-0.25, -0.2) is 0 Å². The van der Waals surface area contributed by atoms with Crippen molar-refractivity contribution in [3.8, 4) is 33.4 Å². The third-order valence-corrected chi connectivity index (χ3v) is 9.11. The second-order valence-electron chi connectivity index (χ2n) is 11.6. The van der Waals surface area contributed by atoms with Gasteiger partial charge < -0.3 is 0 Å². The summed E-state index contributed by atoms with van der Waals surface area (Å²) in [4.78, 5) is 0. The molecular weight excluding hydrogens is 535 g/mol. The van der Waals surface area contributed by atoms with Crippen LogP contribution in [-0.2, 0) is 0 Å². The van der Waals surface area contributed by atoms with E-state index in [0.717, 1.165) is 38.2 Å². The summed E-state index contributed by atoms with van der Waals surface area (Å²) in [5.41, 5.74) is 7.36. The summed E-state index contributed by atoms with van der Waals surface area (Å²) in [6.07, 6.45) is 0. The molecule has 5 heteroatoms. The second kappa shape index (κ2) is 10.6. The van der Waals surface area contributed by atoms with Gasteiger partial charge in [0.05, 0.1) is 0 Å². The first-order valence-electron chi connectivity index (χ1n) is 14.9. The Labute approximate surface area is 269 Å². The third kappa shape index (κ3) is 4.21. The van der Waals surface area contributed by atoms with Crippen LogP contribution in [0, 0.1) is 0 Å². The zero-order chi connectivity index (χ0) is 30.8. The molecule has 196 valence electrons. The Morgan fingerprint density at radius 1 is 0.289 bits per heavy atom. The fraction of sp³-hybridized carbons (Fsp3) is 0. The minimum absolute atomic E-state index is 0.204. The molecule has 10 radical (unpaired) electrons. The van der Waals surface area contributed by atoms with E-state index in [1.54, 1.807) is 0 Å². The molecule has 0 nitrogen and oxygen atoms in total. The average Bonchev–Trinajstić information content (AvgIpc) is 3.08. The maximum absolute atomic E-state index is 6.59. The van der Waals surface area contributed by atoms with Crippen molar-refractivity contribution in [3.05, 3.63) is 127 Å². The van der Waals surface area contributed by atoms with Crippen LogP contribution in [-0.4, -0.2) is 39.2 Å². The number of benzene rings is 8. The van der Waals surface area contributed by atoms with Crippen molar-refractivity contribution in [1.29, 1.82) is 0 Å². The lowest BCUT2D eigenvalue weighted by Gasteiger charge is -2.23. The Bertz CT molecular complexity index is 2400. The molecule has 0 aliphatic carbocycles. The third-order valence-electron chi connectivity index (χ3n) is 9.11. The first-order valence-corrected chi connectivity index (χ1v) is 14.9. The van der Waals surface area contributed by atoms with Gasteiger partial charge in [0, 0.05) is 0 Å². The van der Waals surface area contributed by atoms with Crippen molar-refractivity contribution in [2.75, 3.05) is 0 Å². The van der Waals surface area contributed by atoms with E-state index in [2.05, 4.69) is 121 Å². The van der Waals surface area contributed by atoms with Gasteiger partial charge in [0.1, 0.15) is 39.2 Å². The lowest BCUT2D eigenvalue weighted by atomic mass is 9.59. The molecule has 45 heavy (non-hydrogen) atoms. The lowest BCUT2D eigenvalue weighted by Crippen LogP contribution is -2.55. The van der Waals surface area contributed by atoms with Crippen molar-refractivity contribution in [1.82, 2.24) is 0 Å². The highest BCUT2D eigenvalue weighted by molar-refractivity contribution is 6.68. The van der Waals surface area contributed by atoms with Crippen LogP contribution < -0.4 is 27.3 Å². The van der Waals surface area contributed by atoms with Gasteiger partial charge >= 0.3 is 0 Å². The SMILES string of the molecule is [B]c1c([B])c([B])c(-c2cc(-c3c4ccccc4c(-c4cccc5ccccc45)c4ccccc34)c3ccccc3c2)c([B])c1[B]. The first-order chi connectivity index (χ1) is 21.9. The Kier molecular flexibility index (Phi) is 6.54. The molecular formula is C40H21B5. The summed E-state index contributed by atoms with van der Waals surface area (Å²) in [7, 11) is 32.0. The van der Waals surface area contributed by atoms with Gasteiger partial charge in [0.15, 0.2) is 0 Å². The van der Waals surface area contributed by atoms with Crippen molar-refractivity contribution in [2.45, 2.75) is 0 Å². The van der Waals surface area contributed by atoms with Crippen LogP contribution in [0.25, 0.3) is 76.5 Å². The van der Waals surface area contributed by atoms with Crippen molar-refractivity contribution in [3.63, 3.8) is 0 Å². The highest BCUT2D eigenvalue weighted by atomic mass is 14.2. The highest BCUT2D eigenvalue weighted by Crippen LogP contribution is 2.47. The molecule has 8 aromatic rings. The van der Waals surface area contributed by atoms with Crippen molar-refractivity contribution in [2.24, 2.45) is 0 Å². The molecule has 0 saturated heterocycles. The van der Waals surface area contributed by atoms with Gasteiger partial charge in [-0.15, -0.1) is 16.4 Å². The number of hydrogen-bond donors (Lipinski definition) is 0.